The minimum absolute atomic E-state index is 0.0569. The number of nitrogens with two attached hydrogens (primary N) is 1. The Balaban J connectivity index is 2.26. The average molecular weight is 281 g/mol. The second-order valence-electron chi connectivity index (χ2n) is 4.07. The Morgan fingerprint density at radius 3 is 2.44 bits per heavy atom. The molecule has 4 heteroatoms. The lowest BCUT2D eigenvalue weighted by molar-refractivity contribution is 0.552. The van der Waals surface area contributed by atoms with Crippen LogP contribution in [0.3, 0.4) is 0 Å². The summed E-state index contributed by atoms with van der Waals surface area (Å²) in [4.78, 5) is 0. The summed E-state index contributed by atoms with van der Waals surface area (Å²) in [6.45, 7) is 0. The van der Waals surface area contributed by atoms with Gasteiger partial charge in [0.05, 0.1) is 6.04 Å². The highest BCUT2D eigenvalue weighted by atomic mass is 35.5. The molecule has 0 aromatic heterocycles. The fourth-order valence-electron chi connectivity index (χ4n) is 1.89. The van der Waals surface area contributed by atoms with Crippen molar-refractivity contribution < 1.29 is 0 Å². The molecule has 0 saturated carbocycles. The van der Waals surface area contributed by atoms with E-state index < -0.39 is 0 Å². The molecular formula is C14H14Cl2N2. The minimum Gasteiger partial charge on any atom is -0.271 e. The molecule has 2 nitrogen and oxygen atoms in total. The standard InChI is InChI=1S/C14H14Cl2N2/c15-11-6-7-13(16)12(9-11)14(18-17)8-10-4-2-1-3-5-10/h1-7,9,14,18H,8,17H2. The SMILES string of the molecule is NNC(Cc1ccccc1)c1cc(Cl)ccc1Cl. The molecule has 18 heavy (non-hydrogen) atoms. The first-order valence-electron chi connectivity index (χ1n) is 5.65. The number of benzene rings is 2. The summed E-state index contributed by atoms with van der Waals surface area (Å²) in [6, 6.07) is 15.4. The van der Waals surface area contributed by atoms with Crippen molar-refractivity contribution in [1.29, 1.82) is 0 Å². The molecule has 2 aromatic carbocycles. The van der Waals surface area contributed by atoms with E-state index in [0.29, 0.717) is 10.0 Å². The normalized spacial score (nSPS) is 12.4. The predicted octanol–water partition coefficient (Wildman–Crippen LogP) is 3.74. The zero-order valence-corrected chi connectivity index (χ0v) is 11.2. The molecule has 0 bridgehead atoms. The molecule has 0 saturated heterocycles. The second kappa shape index (κ2) is 6.21. The third-order valence-corrected chi connectivity index (χ3v) is 3.40. The Morgan fingerprint density at radius 1 is 1.06 bits per heavy atom. The van der Waals surface area contributed by atoms with Crippen LogP contribution < -0.4 is 11.3 Å². The van der Waals surface area contributed by atoms with Gasteiger partial charge in [-0.05, 0) is 35.7 Å². The van der Waals surface area contributed by atoms with Crippen molar-refractivity contribution in [3.05, 3.63) is 69.7 Å². The summed E-state index contributed by atoms with van der Waals surface area (Å²) < 4.78 is 0. The highest BCUT2D eigenvalue weighted by Crippen LogP contribution is 2.28. The maximum Gasteiger partial charge on any atom is 0.0515 e. The van der Waals surface area contributed by atoms with Crippen LogP contribution in [0.5, 0.6) is 0 Å². The first-order chi connectivity index (χ1) is 8.70. The molecule has 0 amide bonds. The van der Waals surface area contributed by atoms with E-state index in [0.717, 1.165) is 12.0 Å². The molecule has 1 atom stereocenters. The largest absolute Gasteiger partial charge is 0.271 e. The van der Waals surface area contributed by atoms with Crippen LogP contribution in [0.25, 0.3) is 0 Å². The van der Waals surface area contributed by atoms with Crippen LogP contribution in [0, 0.1) is 0 Å². The highest BCUT2D eigenvalue weighted by molar-refractivity contribution is 6.33. The maximum absolute atomic E-state index is 6.18. The zero-order valence-electron chi connectivity index (χ0n) is 9.74. The molecule has 3 N–H and O–H groups in total. The molecule has 0 spiro atoms. The van der Waals surface area contributed by atoms with Crippen molar-refractivity contribution in [3.8, 4) is 0 Å². The van der Waals surface area contributed by atoms with Gasteiger partial charge in [-0.15, -0.1) is 0 Å². The minimum atomic E-state index is -0.0569. The van der Waals surface area contributed by atoms with E-state index in [4.69, 9.17) is 29.0 Å². The van der Waals surface area contributed by atoms with Crippen LogP contribution in [0.1, 0.15) is 17.2 Å². The quantitative estimate of drug-likeness (QED) is 0.661. The fourth-order valence-corrected chi connectivity index (χ4v) is 2.32. The van der Waals surface area contributed by atoms with Crippen molar-refractivity contribution in [1.82, 2.24) is 5.43 Å². The van der Waals surface area contributed by atoms with E-state index >= 15 is 0 Å². The van der Waals surface area contributed by atoms with E-state index in [2.05, 4.69) is 17.6 Å². The summed E-state index contributed by atoms with van der Waals surface area (Å²) in [7, 11) is 0. The van der Waals surface area contributed by atoms with Gasteiger partial charge in [-0.2, -0.15) is 0 Å². The van der Waals surface area contributed by atoms with Crippen LogP contribution >= 0.6 is 23.2 Å². The lowest BCUT2D eigenvalue weighted by atomic mass is 9.99. The maximum atomic E-state index is 6.18. The van der Waals surface area contributed by atoms with Gasteiger partial charge in [0.2, 0.25) is 0 Å². The van der Waals surface area contributed by atoms with E-state index in [-0.39, 0.29) is 6.04 Å². The van der Waals surface area contributed by atoms with E-state index in [9.17, 15) is 0 Å². The number of nitrogens with one attached hydrogen (secondary N) is 1. The summed E-state index contributed by atoms with van der Waals surface area (Å²) in [6.07, 6.45) is 0.761. The van der Waals surface area contributed by atoms with Gasteiger partial charge >= 0.3 is 0 Å². The topological polar surface area (TPSA) is 38.0 Å². The van der Waals surface area contributed by atoms with Crippen molar-refractivity contribution in [2.45, 2.75) is 12.5 Å². The van der Waals surface area contributed by atoms with Gasteiger partial charge in [0, 0.05) is 10.0 Å². The van der Waals surface area contributed by atoms with Gasteiger partial charge < -0.3 is 0 Å². The van der Waals surface area contributed by atoms with Crippen LogP contribution in [0.2, 0.25) is 10.0 Å². The summed E-state index contributed by atoms with van der Waals surface area (Å²) >= 11 is 12.2. The summed E-state index contributed by atoms with van der Waals surface area (Å²) in [5.41, 5.74) is 4.90. The van der Waals surface area contributed by atoms with Crippen molar-refractivity contribution >= 4 is 23.2 Å². The Hall–Kier alpha value is -1.06. The Morgan fingerprint density at radius 2 is 1.78 bits per heavy atom. The van der Waals surface area contributed by atoms with Gasteiger partial charge in [-0.25, -0.2) is 0 Å². The smallest absolute Gasteiger partial charge is 0.0515 e. The monoisotopic (exact) mass is 280 g/mol. The third-order valence-electron chi connectivity index (χ3n) is 2.82. The van der Waals surface area contributed by atoms with Crippen LogP contribution in [0.15, 0.2) is 48.5 Å². The molecular weight excluding hydrogens is 267 g/mol. The lowest BCUT2D eigenvalue weighted by Gasteiger charge is -2.18. The van der Waals surface area contributed by atoms with Gasteiger partial charge in [0.15, 0.2) is 0 Å². The van der Waals surface area contributed by atoms with Gasteiger partial charge in [0.25, 0.3) is 0 Å². The Bertz CT molecular complexity index is 514. The number of hydrogen-bond acceptors (Lipinski definition) is 2. The first kappa shape index (κ1) is 13.4. The second-order valence-corrected chi connectivity index (χ2v) is 4.92. The van der Waals surface area contributed by atoms with E-state index in [1.165, 1.54) is 5.56 Å². The zero-order chi connectivity index (χ0) is 13.0. The number of hydrazine groups is 1. The highest BCUT2D eigenvalue weighted by Gasteiger charge is 2.14. The lowest BCUT2D eigenvalue weighted by Crippen LogP contribution is -2.29. The van der Waals surface area contributed by atoms with Crippen LogP contribution in [0.4, 0.5) is 0 Å². The molecule has 0 radical (unpaired) electrons. The van der Waals surface area contributed by atoms with Crippen molar-refractivity contribution in [2.24, 2.45) is 5.84 Å². The van der Waals surface area contributed by atoms with Crippen molar-refractivity contribution in [2.75, 3.05) is 0 Å². The molecule has 0 fully saturated rings. The number of halogens is 2. The number of hydrogen-bond donors (Lipinski definition) is 2. The van der Waals surface area contributed by atoms with Gasteiger partial charge in [0.1, 0.15) is 0 Å². The summed E-state index contributed by atoms with van der Waals surface area (Å²) in [5, 5.41) is 1.32. The van der Waals surface area contributed by atoms with Crippen LogP contribution in [-0.4, -0.2) is 0 Å². The first-order valence-corrected chi connectivity index (χ1v) is 6.41. The van der Waals surface area contributed by atoms with Gasteiger partial charge in [-0.1, -0.05) is 53.5 Å². The van der Waals surface area contributed by atoms with Gasteiger partial charge in [-0.3, -0.25) is 11.3 Å². The van der Waals surface area contributed by atoms with Crippen molar-refractivity contribution in [3.63, 3.8) is 0 Å². The molecule has 0 aliphatic rings. The molecule has 2 rings (SSSR count). The molecule has 1 unspecified atom stereocenters. The molecule has 0 aliphatic heterocycles. The van der Waals surface area contributed by atoms with Crippen LogP contribution in [-0.2, 0) is 6.42 Å². The third kappa shape index (κ3) is 3.24. The molecule has 0 heterocycles. The van der Waals surface area contributed by atoms with E-state index in [1.807, 2.05) is 24.3 Å². The molecule has 94 valence electrons. The predicted molar refractivity (Wildman–Crippen MR) is 76.7 cm³/mol. The Labute approximate surface area is 117 Å². The number of rotatable bonds is 4. The fraction of sp³-hybridized carbons (Fsp3) is 0.143. The molecule has 2 aromatic rings. The Kier molecular flexibility index (Phi) is 4.61. The van der Waals surface area contributed by atoms with E-state index in [1.54, 1.807) is 12.1 Å². The molecule has 0 aliphatic carbocycles. The summed E-state index contributed by atoms with van der Waals surface area (Å²) in [5.74, 6) is 5.62. The average Bonchev–Trinajstić information content (AvgIpc) is 2.40.